The third kappa shape index (κ3) is 11.6. The van der Waals surface area contributed by atoms with Crippen LogP contribution < -0.4 is 10.7 Å². The highest BCUT2D eigenvalue weighted by atomic mass is 35.5. The number of ether oxygens (including phenoxy) is 5. The lowest BCUT2D eigenvalue weighted by Crippen LogP contribution is -2.82. The van der Waals surface area contributed by atoms with Crippen molar-refractivity contribution >= 4 is 58.1 Å². The van der Waals surface area contributed by atoms with Crippen LogP contribution in [0.3, 0.4) is 0 Å². The first-order valence-corrected chi connectivity index (χ1v) is 29.9. The number of carbonyl (C=O) groups excluding carboxylic acids is 6. The number of benzene rings is 5. The summed E-state index contributed by atoms with van der Waals surface area (Å²) in [6, 6.07) is 32.3. The van der Waals surface area contributed by atoms with Gasteiger partial charge in [0.05, 0.1) is 46.8 Å². The van der Waals surface area contributed by atoms with Crippen LogP contribution in [0, 0.1) is 16.7 Å². The number of phenolic OH excluding ortho intramolecular Hbond substituents is 2. The lowest BCUT2D eigenvalue weighted by Gasteiger charge is -2.67. The number of hydrogen-bond donors (Lipinski definition) is 7. The minimum atomic E-state index is -2.39. The van der Waals surface area contributed by atoms with Crippen molar-refractivity contribution in [3.63, 3.8) is 0 Å². The van der Waals surface area contributed by atoms with Gasteiger partial charge in [-0.25, -0.2) is 9.59 Å². The minimum absolute atomic E-state index is 0.00289. The number of phenols is 2. The van der Waals surface area contributed by atoms with Crippen LogP contribution in [0.15, 0.2) is 148 Å². The van der Waals surface area contributed by atoms with Crippen molar-refractivity contribution in [3.8, 4) is 22.8 Å². The zero-order chi connectivity index (χ0) is 64.9. The van der Waals surface area contributed by atoms with Crippen molar-refractivity contribution in [2.24, 2.45) is 16.7 Å². The number of hydrogen-bond acceptors (Lipinski definition) is 20. The number of aliphatic hydroxyl groups excluding tert-OH is 3. The van der Waals surface area contributed by atoms with E-state index in [0.717, 1.165) is 26.5 Å². The average Bonchev–Trinajstić information content (AvgIpc) is 0.670. The molecule has 2 saturated heterocycles. The molecule has 3 heterocycles. The number of fused-ring (bicyclic) bond motifs is 6. The molecule has 1 aromatic heterocycles. The Morgan fingerprint density at radius 1 is 0.800 bits per heavy atom. The summed E-state index contributed by atoms with van der Waals surface area (Å²) in [5.74, 6) is -7.61. The lowest BCUT2D eigenvalue weighted by molar-refractivity contribution is -0.346. The van der Waals surface area contributed by atoms with Crippen molar-refractivity contribution < 1.29 is 87.5 Å². The fraction of sp³-hybridized carbons (Fsp3) is 0.397. The number of rotatable bonds is 12. The van der Waals surface area contributed by atoms with Crippen LogP contribution in [0.1, 0.15) is 105 Å². The van der Waals surface area contributed by atoms with Gasteiger partial charge in [-0.05, 0) is 87.0 Å². The molecule has 1 amide bonds. The highest BCUT2D eigenvalue weighted by Gasteiger charge is 2.78. The van der Waals surface area contributed by atoms with Crippen LogP contribution in [0.25, 0.3) is 22.3 Å². The molecule has 0 unspecified atom stereocenters. The number of nitrogens with zero attached hydrogens (tertiary/aromatic N) is 1. The summed E-state index contributed by atoms with van der Waals surface area (Å²) in [6.45, 7) is 9.13. The van der Waals surface area contributed by atoms with E-state index >= 15 is 4.79 Å². The number of piperidine rings is 1. The summed E-state index contributed by atoms with van der Waals surface area (Å²) in [4.78, 5) is 98.2. The van der Waals surface area contributed by atoms with Crippen molar-refractivity contribution in [1.82, 2.24) is 10.2 Å². The van der Waals surface area contributed by atoms with Crippen LogP contribution in [0.5, 0.6) is 11.5 Å². The maximum atomic E-state index is 15.5. The van der Waals surface area contributed by atoms with Gasteiger partial charge in [-0.2, -0.15) is 0 Å². The van der Waals surface area contributed by atoms with Crippen LogP contribution >= 0.6 is 11.6 Å². The zero-order valence-electron chi connectivity index (χ0n) is 50.5. The van der Waals surface area contributed by atoms with Gasteiger partial charge in [-0.3, -0.25) is 24.0 Å². The number of aliphatic hydroxyl groups is 4. The van der Waals surface area contributed by atoms with Gasteiger partial charge in [0.2, 0.25) is 0 Å². The SMILES string of the molecule is CC(=O)O[C@H]1C(=O)[C@@]2(C)[C@H]([C@H](OC(=O)c3ccccc3)[C@]3(O)C[C@H](OC(=O)[C@H](O)[C@@H](NC(=O)c4ccccc4)c4ccccc4)C(C)=C1C3(C)C)[C@]1(OC(C)=O)CO[C@@H]1C[C@@H]2O.CN1CC[C@@H](c2c(O)cc(O)c3c(=O)cc(-c4ccccc4Cl)oc23)[C@@H](O)C1. The average molecular weight is 1260 g/mol. The number of esters is 4. The lowest BCUT2D eigenvalue weighted by atomic mass is 9.44. The third-order valence-electron chi connectivity index (χ3n) is 18.8. The molecule has 3 aliphatic carbocycles. The summed E-state index contributed by atoms with van der Waals surface area (Å²) in [5.41, 5.74) is -6.53. The first kappa shape index (κ1) is 64.7. The number of nitrogens with one attached hydrogen (secondary N) is 1. The van der Waals surface area contributed by atoms with E-state index in [-0.39, 0.29) is 63.5 Å². The maximum Gasteiger partial charge on any atom is 0.338 e. The number of Topliss-reactive ketones (excluding diaryl/α,β-unsaturated/α-hetero) is 1. The number of likely N-dealkylation sites (tertiary alicyclic amines) is 1. The van der Waals surface area contributed by atoms with E-state index in [4.69, 9.17) is 39.7 Å². The largest absolute Gasteiger partial charge is 0.507 e. The molecule has 5 aromatic carbocycles. The summed E-state index contributed by atoms with van der Waals surface area (Å²) < 4.78 is 36.3. The van der Waals surface area contributed by atoms with Gasteiger partial charge < -0.3 is 69.0 Å². The Balaban J connectivity index is 0.000000264. The molecular formula is C68H71ClN2O19. The van der Waals surface area contributed by atoms with E-state index in [1.807, 2.05) is 11.9 Å². The van der Waals surface area contributed by atoms with Gasteiger partial charge in [0.15, 0.2) is 29.0 Å². The van der Waals surface area contributed by atoms with Crippen LogP contribution in [-0.2, 0) is 42.9 Å². The number of β-amino-alcohol motifs (C(OH)–C–C–N with tert-alkyl or cyclic N) is 1. The molecule has 11 rings (SSSR count). The Morgan fingerprint density at radius 3 is 2.02 bits per heavy atom. The summed E-state index contributed by atoms with van der Waals surface area (Å²) in [7, 11) is 1.91. The predicted molar refractivity (Wildman–Crippen MR) is 325 cm³/mol. The topological polar surface area (TPSA) is 315 Å². The summed E-state index contributed by atoms with van der Waals surface area (Å²) in [5, 5.41) is 72.0. The molecular weight excluding hydrogens is 1180 g/mol. The van der Waals surface area contributed by atoms with Crippen LogP contribution in [0.4, 0.5) is 0 Å². The maximum absolute atomic E-state index is 15.5. The standard InChI is InChI=1S/C47H51NO14.C21H20ClNO5/c1-25-31(60-43(56)36(52)35(28-16-10-7-11-17-28)48-41(54)29-18-12-8-13-19-29)23-47(57)40(61-42(55)30-20-14-9-15-21-30)38-45(6,32(51)22-33-46(38,24-58-33)62-27(3)50)39(53)37(59-26(2)49)34(25)44(47,4)5;1-23-7-6-12(17(27)10-23)19-14(24)8-15(25)20-16(26)9-18(28-21(19)20)11-4-2-3-5-13(11)22/h7-21,31-33,35-38,40,51-52,57H,22-24H2,1-6H3,(H,48,54);2-5,8-9,12,17,24-25,27H,6-7,10H2,1H3/t31-,32-,33+,35-,36+,37+,38-,40-,45+,46-,47+;12-,17+/m01/s1. The Bertz CT molecular complexity index is 3860. The first-order chi connectivity index (χ1) is 42.6. The number of amides is 1. The van der Waals surface area contributed by atoms with Crippen molar-refractivity contribution in [2.45, 2.75) is 127 Å². The Hall–Kier alpha value is -8.28. The number of likely N-dealkylation sites (N-methyl/N-ethyl adjacent to an activating group) is 1. The molecule has 2 saturated carbocycles. The Kier molecular flexibility index (Phi) is 18.1. The summed E-state index contributed by atoms with van der Waals surface area (Å²) >= 11 is 6.25. The summed E-state index contributed by atoms with van der Waals surface area (Å²) in [6.07, 6.45) is -10.7. The van der Waals surface area contributed by atoms with E-state index in [9.17, 15) is 59.4 Å². The normalized spacial score (nSPS) is 28.3. The van der Waals surface area contributed by atoms with Crippen molar-refractivity contribution in [2.75, 3.05) is 26.7 Å². The third-order valence-corrected chi connectivity index (χ3v) is 19.1. The van der Waals surface area contributed by atoms with Gasteiger partial charge in [0, 0.05) is 73.4 Å². The molecule has 474 valence electrons. The molecule has 0 radical (unpaired) electrons. The highest BCUT2D eigenvalue weighted by molar-refractivity contribution is 6.33. The highest BCUT2D eigenvalue weighted by Crippen LogP contribution is 2.64. The molecule has 90 heavy (non-hydrogen) atoms. The monoisotopic (exact) mass is 1250 g/mol. The molecule has 22 heteroatoms. The first-order valence-electron chi connectivity index (χ1n) is 29.5. The second kappa shape index (κ2) is 25.2. The Morgan fingerprint density at radius 2 is 1.42 bits per heavy atom. The van der Waals surface area contributed by atoms with E-state index in [1.165, 1.54) is 32.0 Å². The molecule has 7 N–H and O–H groups in total. The Labute approximate surface area is 522 Å². The second-order valence-corrected chi connectivity index (χ2v) is 25.0. The second-order valence-electron chi connectivity index (χ2n) is 24.6. The molecule has 0 spiro atoms. The van der Waals surface area contributed by atoms with Crippen LogP contribution in [0.2, 0.25) is 5.02 Å². The molecule has 2 aliphatic heterocycles. The van der Waals surface area contributed by atoms with E-state index in [0.29, 0.717) is 34.7 Å². The molecule has 2 bridgehead atoms. The fourth-order valence-corrected chi connectivity index (χ4v) is 14.3. The van der Waals surface area contributed by atoms with E-state index < -0.39 is 130 Å². The number of halogens is 1. The van der Waals surface area contributed by atoms with E-state index in [2.05, 4.69) is 5.32 Å². The van der Waals surface area contributed by atoms with Crippen molar-refractivity contribution in [3.05, 3.63) is 176 Å². The molecule has 4 fully saturated rings. The predicted octanol–water partition coefficient (Wildman–Crippen LogP) is 7.04. The van der Waals surface area contributed by atoms with Gasteiger partial charge in [-0.15, -0.1) is 0 Å². The van der Waals surface area contributed by atoms with Crippen molar-refractivity contribution in [1.29, 1.82) is 0 Å². The van der Waals surface area contributed by atoms with Gasteiger partial charge >= 0.3 is 23.9 Å². The smallest absolute Gasteiger partial charge is 0.338 e. The molecule has 21 nitrogen and oxygen atoms in total. The van der Waals surface area contributed by atoms with Gasteiger partial charge in [0.25, 0.3) is 5.91 Å². The number of carbonyl (C=O) groups is 6. The van der Waals surface area contributed by atoms with Crippen LogP contribution in [-0.4, -0.2) is 152 Å². The zero-order valence-corrected chi connectivity index (χ0v) is 51.2. The minimum Gasteiger partial charge on any atom is -0.507 e. The van der Waals surface area contributed by atoms with Gasteiger partial charge in [-0.1, -0.05) is 104 Å². The fourth-order valence-electron chi connectivity index (χ4n) is 14.1. The molecule has 13 atom stereocenters. The molecule has 6 aromatic rings. The van der Waals surface area contributed by atoms with E-state index in [1.54, 1.807) is 117 Å². The van der Waals surface area contributed by atoms with Gasteiger partial charge in [0.1, 0.15) is 52.1 Å². The quantitative estimate of drug-likeness (QED) is 0.0367. The number of aromatic hydroxyl groups is 2. The molecule has 5 aliphatic rings. The number of ketones is 1.